The highest BCUT2D eigenvalue weighted by molar-refractivity contribution is 5.80. The Balaban J connectivity index is 2.19. The van der Waals surface area contributed by atoms with E-state index < -0.39 is 0 Å². The van der Waals surface area contributed by atoms with Crippen molar-refractivity contribution in [2.45, 2.75) is 38.1 Å². The van der Waals surface area contributed by atoms with Crippen molar-refractivity contribution < 1.29 is 13.9 Å². The quantitative estimate of drug-likeness (QED) is 0.585. The van der Waals surface area contributed by atoms with Crippen molar-refractivity contribution in [3.8, 4) is 0 Å². The Kier molecular flexibility index (Phi) is 7.65. The van der Waals surface area contributed by atoms with Crippen LogP contribution in [0.2, 0.25) is 0 Å². The van der Waals surface area contributed by atoms with Crippen LogP contribution < -0.4 is 10.6 Å². The number of ether oxygens (including phenoxy) is 2. The van der Waals surface area contributed by atoms with Crippen molar-refractivity contribution in [2.75, 3.05) is 40.0 Å². The topological polar surface area (TPSA) is 54.9 Å². The number of hydrogen-bond donors (Lipinski definition) is 2. The second-order valence-electron chi connectivity index (χ2n) is 6.60. The Hall–Kier alpha value is -1.66. The van der Waals surface area contributed by atoms with Gasteiger partial charge in [0, 0.05) is 38.3 Å². The summed E-state index contributed by atoms with van der Waals surface area (Å²) < 4.78 is 24.5. The molecule has 0 saturated carbocycles. The van der Waals surface area contributed by atoms with Gasteiger partial charge in [0.1, 0.15) is 5.82 Å². The highest BCUT2D eigenvalue weighted by Gasteiger charge is 2.34. The molecule has 0 amide bonds. The highest BCUT2D eigenvalue weighted by atomic mass is 19.1. The number of aliphatic imine (C=N–C) groups is 1. The fraction of sp³-hybridized carbons (Fsp3) is 0.632. The van der Waals surface area contributed by atoms with Gasteiger partial charge in [-0.05, 0) is 44.4 Å². The molecule has 1 heterocycles. The molecule has 0 aliphatic carbocycles. The van der Waals surface area contributed by atoms with Crippen LogP contribution in [-0.2, 0) is 14.9 Å². The van der Waals surface area contributed by atoms with Crippen molar-refractivity contribution in [1.82, 2.24) is 10.6 Å². The normalized spacial score (nSPS) is 18.6. The molecule has 1 fully saturated rings. The standard InChI is InChI=1S/C19H30FN3O2/c1-4-21-18(23-15(2)13-24-3)22-14-19(8-10-25-11-9-19)16-6-5-7-17(20)12-16/h5-7,12,15H,4,8-11,13-14H2,1-3H3,(H2,21,22,23). The summed E-state index contributed by atoms with van der Waals surface area (Å²) in [6, 6.07) is 7.04. The Morgan fingerprint density at radius 3 is 2.80 bits per heavy atom. The lowest BCUT2D eigenvalue weighted by Crippen LogP contribution is -2.45. The van der Waals surface area contributed by atoms with Gasteiger partial charge in [0.2, 0.25) is 0 Å². The predicted molar refractivity (Wildman–Crippen MR) is 98.6 cm³/mol. The molecule has 1 aliphatic rings. The molecule has 0 bridgehead atoms. The number of nitrogens with one attached hydrogen (secondary N) is 2. The Labute approximate surface area is 150 Å². The predicted octanol–water partition coefficient (Wildman–Crippen LogP) is 2.46. The summed E-state index contributed by atoms with van der Waals surface area (Å²) in [6.07, 6.45) is 1.68. The van der Waals surface area contributed by atoms with Gasteiger partial charge in [0.25, 0.3) is 0 Å². The van der Waals surface area contributed by atoms with E-state index in [1.807, 2.05) is 19.9 Å². The third-order valence-electron chi connectivity index (χ3n) is 4.57. The molecule has 140 valence electrons. The lowest BCUT2D eigenvalue weighted by molar-refractivity contribution is 0.0530. The van der Waals surface area contributed by atoms with Crippen LogP contribution in [-0.4, -0.2) is 52.0 Å². The number of rotatable bonds is 7. The molecule has 1 unspecified atom stereocenters. The first-order valence-corrected chi connectivity index (χ1v) is 8.97. The van der Waals surface area contributed by atoms with E-state index in [1.165, 1.54) is 6.07 Å². The molecule has 1 aliphatic heterocycles. The average Bonchev–Trinajstić information content (AvgIpc) is 2.61. The monoisotopic (exact) mass is 351 g/mol. The first kappa shape index (κ1) is 19.7. The molecule has 25 heavy (non-hydrogen) atoms. The maximum atomic E-state index is 13.8. The lowest BCUT2D eigenvalue weighted by atomic mass is 9.74. The maximum Gasteiger partial charge on any atom is 0.191 e. The smallest absolute Gasteiger partial charge is 0.191 e. The van der Waals surface area contributed by atoms with Crippen LogP contribution in [0, 0.1) is 5.82 Å². The summed E-state index contributed by atoms with van der Waals surface area (Å²) in [5, 5.41) is 6.62. The van der Waals surface area contributed by atoms with Crippen molar-refractivity contribution in [3.63, 3.8) is 0 Å². The van der Waals surface area contributed by atoms with E-state index in [4.69, 9.17) is 14.5 Å². The van der Waals surface area contributed by atoms with Gasteiger partial charge < -0.3 is 20.1 Å². The van der Waals surface area contributed by atoms with Crippen LogP contribution >= 0.6 is 0 Å². The fourth-order valence-corrected chi connectivity index (χ4v) is 3.19. The van der Waals surface area contributed by atoms with Crippen LogP contribution in [0.1, 0.15) is 32.3 Å². The molecule has 1 atom stereocenters. The van der Waals surface area contributed by atoms with Crippen LogP contribution in [0.4, 0.5) is 4.39 Å². The first-order valence-electron chi connectivity index (χ1n) is 8.97. The molecule has 0 aromatic heterocycles. The molecule has 6 heteroatoms. The van der Waals surface area contributed by atoms with Gasteiger partial charge in [0.05, 0.1) is 13.2 Å². The van der Waals surface area contributed by atoms with Crippen molar-refractivity contribution in [1.29, 1.82) is 0 Å². The SMILES string of the molecule is CCNC(=NCC1(c2cccc(F)c2)CCOCC1)NC(C)COC. The van der Waals surface area contributed by atoms with E-state index in [9.17, 15) is 4.39 Å². The van der Waals surface area contributed by atoms with E-state index in [2.05, 4.69) is 10.6 Å². The molecule has 0 radical (unpaired) electrons. The van der Waals surface area contributed by atoms with Gasteiger partial charge in [-0.3, -0.25) is 4.99 Å². The molecule has 1 aromatic rings. The zero-order valence-electron chi connectivity index (χ0n) is 15.5. The molecule has 2 rings (SSSR count). The summed E-state index contributed by atoms with van der Waals surface area (Å²) >= 11 is 0. The van der Waals surface area contributed by atoms with E-state index in [-0.39, 0.29) is 17.3 Å². The number of methoxy groups -OCH3 is 1. The third kappa shape index (κ3) is 5.68. The van der Waals surface area contributed by atoms with Gasteiger partial charge in [-0.2, -0.15) is 0 Å². The number of hydrogen-bond acceptors (Lipinski definition) is 3. The minimum absolute atomic E-state index is 0.155. The van der Waals surface area contributed by atoms with E-state index in [0.717, 1.165) is 30.9 Å². The van der Waals surface area contributed by atoms with Crippen LogP contribution in [0.3, 0.4) is 0 Å². The number of halogens is 1. The number of nitrogens with zero attached hydrogens (tertiary/aromatic N) is 1. The Morgan fingerprint density at radius 2 is 2.16 bits per heavy atom. The van der Waals surface area contributed by atoms with Crippen molar-refractivity contribution >= 4 is 5.96 Å². The second kappa shape index (κ2) is 9.73. The van der Waals surface area contributed by atoms with Crippen LogP contribution in [0.5, 0.6) is 0 Å². The molecule has 5 nitrogen and oxygen atoms in total. The van der Waals surface area contributed by atoms with Crippen LogP contribution in [0.25, 0.3) is 0 Å². The highest BCUT2D eigenvalue weighted by Crippen LogP contribution is 2.35. The van der Waals surface area contributed by atoms with E-state index >= 15 is 0 Å². The third-order valence-corrected chi connectivity index (χ3v) is 4.57. The largest absolute Gasteiger partial charge is 0.383 e. The number of guanidine groups is 1. The Morgan fingerprint density at radius 1 is 1.40 bits per heavy atom. The second-order valence-corrected chi connectivity index (χ2v) is 6.60. The van der Waals surface area contributed by atoms with Gasteiger partial charge >= 0.3 is 0 Å². The molecule has 2 N–H and O–H groups in total. The van der Waals surface area contributed by atoms with Crippen molar-refractivity contribution in [3.05, 3.63) is 35.6 Å². The Bertz CT molecular complexity index is 559. The molecule has 1 aromatic carbocycles. The van der Waals surface area contributed by atoms with E-state index in [1.54, 1.807) is 19.2 Å². The van der Waals surface area contributed by atoms with Gasteiger partial charge in [-0.1, -0.05) is 12.1 Å². The minimum Gasteiger partial charge on any atom is -0.383 e. The van der Waals surface area contributed by atoms with Crippen LogP contribution in [0.15, 0.2) is 29.3 Å². The van der Waals surface area contributed by atoms with E-state index in [0.29, 0.717) is 26.4 Å². The zero-order valence-corrected chi connectivity index (χ0v) is 15.5. The summed E-state index contributed by atoms with van der Waals surface area (Å²) in [7, 11) is 1.68. The summed E-state index contributed by atoms with van der Waals surface area (Å²) in [5.74, 6) is 0.556. The molecular weight excluding hydrogens is 321 g/mol. The van der Waals surface area contributed by atoms with Crippen molar-refractivity contribution in [2.24, 2.45) is 4.99 Å². The van der Waals surface area contributed by atoms with Gasteiger partial charge in [-0.15, -0.1) is 0 Å². The summed E-state index contributed by atoms with van der Waals surface area (Å²) in [4.78, 5) is 4.80. The average molecular weight is 351 g/mol. The molecule has 1 saturated heterocycles. The lowest BCUT2D eigenvalue weighted by Gasteiger charge is -2.36. The number of benzene rings is 1. The molecular formula is C19H30FN3O2. The summed E-state index contributed by atoms with van der Waals surface area (Å²) in [5.41, 5.74) is 0.813. The summed E-state index contributed by atoms with van der Waals surface area (Å²) in [6.45, 7) is 7.41. The minimum atomic E-state index is -0.203. The van der Waals surface area contributed by atoms with Gasteiger partial charge in [-0.25, -0.2) is 4.39 Å². The first-order chi connectivity index (χ1) is 12.1. The fourth-order valence-electron chi connectivity index (χ4n) is 3.19. The zero-order chi connectivity index (χ0) is 18.1. The molecule has 0 spiro atoms. The van der Waals surface area contributed by atoms with Gasteiger partial charge in [0.15, 0.2) is 5.96 Å². The maximum absolute atomic E-state index is 13.8.